The molecule has 1 aromatic carbocycles. The molecule has 0 unspecified atom stereocenters. The Morgan fingerprint density at radius 3 is 2.62 bits per heavy atom. The van der Waals surface area contributed by atoms with Crippen LogP contribution >= 0.6 is 11.3 Å². The molecule has 0 bridgehead atoms. The summed E-state index contributed by atoms with van der Waals surface area (Å²) in [5.74, 6) is 0.585. The largest absolute Gasteiger partial charge is 0.355 e. The highest BCUT2D eigenvalue weighted by Crippen LogP contribution is 2.38. The molecule has 0 spiro atoms. The topological polar surface area (TPSA) is 73.0 Å². The summed E-state index contributed by atoms with van der Waals surface area (Å²) in [7, 11) is 1.74. The van der Waals surface area contributed by atoms with Gasteiger partial charge in [-0.15, -0.1) is 11.3 Å². The number of thiophene rings is 1. The lowest BCUT2D eigenvalue weighted by molar-refractivity contribution is 0.101. The normalized spacial score (nSPS) is 10.8. The molecule has 0 aliphatic carbocycles. The van der Waals surface area contributed by atoms with E-state index >= 15 is 0 Å². The van der Waals surface area contributed by atoms with Gasteiger partial charge in [0.1, 0.15) is 5.69 Å². The van der Waals surface area contributed by atoms with E-state index in [4.69, 9.17) is 4.52 Å². The maximum absolute atomic E-state index is 12.3. The fourth-order valence-electron chi connectivity index (χ4n) is 2.73. The van der Waals surface area contributed by atoms with Crippen molar-refractivity contribution in [2.45, 2.75) is 6.92 Å². The van der Waals surface area contributed by atoms with Gasteiger partial charge in [-0.3, -0.25) is 9.48 Å². The van der Waals surface area contributed by atoms with Gasteiger partial charge in [0.15, 0.2) is 5.76 Å². The Morgan fingerprint density at radius 1 is 1.15 bits per heavy atom. The van der Waals surface area contributed by atoms with Crippen molar-refractivity contribution in [3.63, 3.8) is 0 Å². The molecule has 0 atom stereocenters. The number of amides is 1. The van der Waals surface area contributed by atoms with Crippen LogP contribution in [0, 0.1) is 6.92 Å². The lowest BCUT2D eigenvalue weighted by Crippen LogP contribution is -2.15. The van der Waals surface area contributed by atoms with Crippen LogP contribution in [0.3, 0.4) is 0 Å². The third kappa shape index (κ3) is 3.04. The van der Waals surface area contributed by atoms with Crippen molar-refractivity contribution in [2.75, 3.05) is 5.32 Å². The second-order valence-corrected chi connectivity index (χ2v) is 6.92. The zero-order valence-corrected chi connectivity index (χ0v) is 15.1. The summed E-state index contributed by atoms with van der Waals surface area (Å²) < 4.78 is 6.78. The molecule has 4 rings (SSSR count). The highest BCUT2D eigenvalue weighted by molar-refractivity contribution is 7.19. The number of benzene rings is 1. The number of rotatable bonds is 4. The summed E-state index contributed by atoms with van der Waals surface area (Å²) in [5.41, 5.74) is 3.52. The second kappa shape index (κ2) is 6.61. The fourth-order valence-corrected chi connectivity index (χ4v) is 3.87. The van der Waals surface area contributed by atoms with Crippen LogP contribution in [0.4, 0.5) is 5.69 Å². The van der Waals surface area contributed by atoms with E-state index in [1.54, 1.807) is 41.5 Å². The summed E-state index contributed by atoms with van der Waals surface area (Å²) in [6, 6.07) is 13.4. The van der Waals surface area contributed by atoms with Gasteiger partial charge in [0, 0.05) is 29.9 Å². The Balaban J connectivity index is 1.55. The van der Waals surface area contributed by atoms with Crippen LogP contribution < -0.4 is 5.32 Å². The number of aromatic nitrogens is 3. The van der Waals surface area contributed by atoms with Crippen molar-refractivity contribution in [2.24, 2.45) is 7.05 Å². The highest BCUT2D eigenvalue weighted by Gasteiger charge is 2.13. The minimum atomic E-state index is -0.183. The first-order chi connectivity index (χ1) is 12.6. The van der Waals surface area contributed by atoms with Crippen molar-refractivity contribution < 1.29 is 9.32 Å². The molecule has 0 aliphatic heterocycles. The first kappa shape index (κ1) is 16.3. The van der Waals surface area contributed by atoms with Crippen LogP contribution in [0.25, 0.3) is 21.1 Å². The SMILES string of the molecule is Cc1cc(-c2ccno2)sc1-c1ccc(NC(=O)c2ccnn2C)cc1. The molecule has 0 saturated heterocycles. The van der Waals surface area contributed by atoms with E-state index in [0.29, 0.717) is 5.69 Å². The molecule has 1 amide bonds. The molecule has 3 heterocycles. The van der Waals surface area contributed by atoms with E-state index in [2.05, 4.69) is 28.6 Å². The average molecular weight is 364 g/mol. The molecule has 3 aromatic heterocycles. The van der Waals surface area contributed by atoms with Gasteiger partial charge in [-0.2, -0.15) is 5.10 Å². The molecule has 0 aliphatic rings. The van der Waals surface area contributed by atoms with E-state index in [0.717, 1.165) is 21.9 Å². The molecule has 7 heteroatoms. The minimum Gasteiger partial charge on any atom is -0.355 e. The van der Waals surface area contributed by atoms with E-state index < -0.39 is 0 Å². The highest BCUT2D eigenvalue weighted by atomic mass is 32.1. The lowest BCUT2D eigenvalue weighted by Gasteiger charge is -2.06. The molecular weight excluding hydrogens is 348 g/mol. The third-order valence-electron chi connectivity index (χ3n) is 4.06. The van der Waals surface area contributed by atoms with Gasteiger partial charge in [0.25, 0.3) is 5.91 Å². The van der Waals surface area contributed by atoms with Crippen molar-refractivity contribution in [1.82, 2.24) is 14.9 Å². The van der Waals surface area contributed by atoms with Gasteiger partial charge >= 0.3 is 0 Å². The average Bonchev–Trinajstić information content (AvgIpc) is 3.36. The number of hydrogen-bond acceptors (Lipinski definition) is 5. The quantitative estimate of drug-likeness (QED) is 0.584. The molecule has 130 valence electrons. The van der Waals surface area contributed by atoms with Crippen LogP contribution in [-0.2, 0) is 7.05 Å². The summed E-state index contributed by atoms with van der Waals surface area (Å²) in [6.07, 6.45) is 3.24. The smallest absolute Gasteiger partial charge is 0.273 e. The van der Waals surface area contributed by atoms with Crippen LogP contribution in [0.15, 0.2) is 59.4 Å². The number of hydrogen-bond donors (Lipinski definition) is 1. The van der Waals surface area contributed by atoms with Crippen molar-refractivity contribution in [3.05, 3.63) is 66.1 Å². The molecule has 6 nitrogen and oxygen atoms in total. The number of anilines is 1. The van der Waals surface area contributed by atoms with Gasteiger partial charge in [-0.25, -0.2) is 0 Å². The lowest BCUT2D eigenvalue weighted by atomic mass is 10.1. The standard InChI is InChI=1S/C19H16N4O2S/c1-12-11-17(16-8-10-21-25-16)26-18(12)13-3-5-14(6-4-13)22-19(24)15-7-9-20-23(15)2/h3-11H,1-2H3,(H,22,24). The number of nitrogens with one attached hydrogen (secondary N) is 1. The van der Waals surface area contributed by atoms with E-state index in [1.807, 2.05) is 30.3 Å². The zero-order chi connectivity index (χ0) is 18.1. The molecular formula is C19H16N4O2S. The monoisotopic (exact) mass is 364 g/mol. The zero-order valence-electron chi connectivity index (χ0n) is 14.3. The molecule has 4 aromatic rings. The Morgan fingerprint density at radius 2 is 1.96 bits per heavy atom. The summed E-state index contributed by atoms with van der Waals surface area (Å²) in [6.45, 7) is 2.07. The molecule has 0 radical (unpaired) electrons. The van der Waals surface area contributed by atoms with Crippen LogP contribution in [0.5, 0.6) is 0 Å². The summed E-state index contributed by atoms with van der Waals surface area (Å²) >= 11 is 1.66. The fraction of sp³-hybridized carbons (Fsp3) is 0.105. The Hall–Kier alpha value is -3.19. The summed E-state index contributed by atoms with van der Waals surface area (Å²) in [4.78, 5) is 14.5. The van der Waals surface area contributed by atoms with E-state index in [-0.39, 0.29) is 5.91 Å². The van der Waals surface area contributed by atoms with Crippen LogP contribution in [0.2, 0.25) is 0 Å². The Kier molecular flexibility index (Phi) is 4.14. The van der Waals surface area contributed by atoms with Gasteiger partial charge in [-0.05, 0) is 42.3 Å². The first-order valence-electron chi connectivity index (χ1n) is 8.03. The second-order valence-electron chi connectivity index (χ2n) is 5.87. The Bertz CT molecular complexity index is 1050. The van der Waals surface area contributed by atoms with E-state index in [9.17, 15) is 4.79 Å². The number of nitrogens with zero attached hydrogens (tertiary/aromatic N) is 3. The van der Waals surface area contributed by atoms with Gasteiger partial charge in [0.2, 0.25) is 0 Å². The maximum atomic E-state index is 12.3. The van der Waals surface area contributed by atoms with Crippen LogP contribution in [-0.4, -0.2) is 20.8 Å². The maximum Gasteiger partial charge on any atom is 0.273 e. The van der Waals surface area contributed by atoms with Crippen molar-refractivity contribution in [3.8, 4) is 21.1 Å². The van der Waals surface area contributed by atoms with Crippen molar-refractivity contribution in [1.29, 1.82) is 0 Å². The summed E-state index contributed by atoms with van der Waals surface area (Å²) in [5, 5.41) is 10.7. The Labute approximate surface area is 154 Å². The predicted octanol–water partition coefficient (Wildman–Crippen LogP) is 4.36. The van der Waals surface area contributed by atoms with Crippen LogP contribution in [0.1, 0.15) is 16.1 Å². The molecule has 0 saturated carbocycles. The van der Waals surface area contributed by atoms with E-state index in [1.165, 1.54) is 10.4 Å². The van der Waals surface area contributed by atoms with Crippen molar-refractivity contribution >= 4 is 22.9 Å². The van der Waals surface area contributed by atoms with Gasteiger partial charge < -0.3 is 9.84 Å². The molecule has 26 heavy (non-hydrogen) atoms. The number of aryl methyl sites for hydroxylation is 2. The predicted molar refractivity (Wildman–Crippen MR) is 101 cm³/mol. The third-order valence-corrected chi connectivity index (χ3v) is 5.36. The minimum absolute atomic E-state index is 0.183. The first-order valence-corrected chi connectivity index (χ1v) is 8.85. The molecule has 0 fully saturated rings. The molecule has 1 N–H and O–H groups in total. The number of carbonyl (C=O) groups is 1. The number of carbonyl (C=O) groups excluding carboxylic acids is 1. The van der Waals surface area contributed by atoms with Gasteiger partial charge in [0.05, 0.1) is 11.1 Å². The van der Waals surface area contributed by atoms with Gasteiger partial charge in [-0.1, -0.05) is 17.3 Å².